The molecule has 0 bridgehead atoms. The summed E-state index contributed by atoms with van der Waals surface area (Å²) in [5, 5.41) is 6.58. The van der Waals surface area contributed by atoms with Crippen LogP contribution in [0.1, 0.15) is 19.8 Å². The number of likely N-dealkylation sites (tertiary alicyclic amines) is 1. The summed E-state index contributed by atoms with van der Waals surface area (Å²) in [5.41, 5.74) is 2.15. The maximum atomic E-state index is 4.20. The van der Waals surface area contributed by atoms with Crippen molar-refractivity contribution in [1.82, 2.24) is 9.88 Å². The molecule has 1 saturated heterocycles. The zero-order valence-corrected chi connectivity index (χ0v) is 10.7. The lowest BCUT2D eigenvalue weighted by atomic mass is 10.2. The first-order valence-corrected chi connectivity index (χ1v) is 6.44. The Balaban J connectivity index is 1.88. The Morgan fingerprint density at radius 1 is 1.41 bits per heavy atom. The Morgan fingerprint density at radius 2 is 2.24 bits per heavy atom. The summed E-state index contributed by atoms with van der Waals surface area (Å²) in [6, 6.07) is 2.77. The van der Waals surface area contributed by atoms with Gasteiger partial charge in [0.15, 0.2) is 0 Å². The van der Waals surface area contributed by atoms with Crippen LogP contribution in [-0.4, -0.2) is 42.6 Å². The number of nitrogens with one attached hydrogen (secondary N) is 2. The molecule has 1 fully saturated rings. The Kier molecular flexibility index (Phi) is 4.20. The van der Waals surface area contributed by atoms with Gasteiger partial charge in [0.1, 0.15) is 0 Å². The molecule has 1 aliphatic heterocycles. The van der Waals surface area contributed by atoms with Crippen LogP contribution in [0.15, 0.2) is 18.5 Å². The van der Waals surface area contributed by atoms with E-state index in [9.17, 15) is 0 Å². The van der Waals surface area contributed by atoms with E-state index in [1.54, 1.807) is 0 Å². The number of anilines is 2. The summed E-state index contributed by atoms with van der Waals surface area (Å²) in [5.74, 6) is 0. The van der Waals surface area contributed by atoms with Gasteiger partial charge >= 0.3 is 0 Å². The van der Waals surface area contributed by atoms with Crippen molar-refractivity contribution in [1.29, 1.82) is 0 Å². The number of pyridine rings is 1. The highest BCUT2D eigenvalue weighted by Gasteiger charge is 2.22. The molecule has 0 aliphatic carbocycles. The lowest BCUT2D eigenvalue weighted by molar-refractivity contribution is 0.277. The molecule has 4 nitrogen and oxygen atoms in total. The number of likely N-dealkylation sites (N-methyl/N-ethyl adjacent to an activating group) is 1. The fraction of sp³-hybridized carbons (Fsp3) is 0.615. The lowest BCUT2D eigenvalue weighted by Crippen LogP contribution is -2.34. The van der Waals surface area contributed by atoms with Crippen molar-refractivity contribution in [2.75, 3.05) is 37.3 Å². The van der Waals surface area contributed by atoms with Gasteiger partial charge in [-0.3, -0.25) is 9.88 Å². The smallest absolute Gasteiger partial charge is 0.0548 e. The number of nitrogens with zero attached hydrogens (tertiary/aromatic N) is 2. The molecule has 17 heavy (non-hydrogen) atoms. The van der Waals surface area contributed by atoms with Gasteiger partial charge in [-0.2, -0.15) is 0 Å². The molecular weight excluding hydrogens is 212 g/mol. The lowest BCUT2D eigenvalue weighted by Gasteiger charge is -2.23. The minimum atomic E-state index is 0.679. The van der Waals surface area contributed by atoms with Crippen LogP contribution >= 0.6 is 0 Å². The second kappa shape index (κ2) is 5.87. The number of hydrogen-bond donors (Lipinski definition) is 2. The molecule has 1 aromatic rings. The summed E-state index contributed by atoms with van der Waals surface area (Å²) in [7, 11) is 1.91. The highest BCUT2D eigenvalue weighted by atomic mass is 15.2. The molecule has 0 radical (unpaired) electrons. The van der Waals surface area contributed by atoms with Crippen molar-refractivity contribution in [2.24, 2.45) is 0 Å². The first-order chi connectivity index (χ1) is 8.33. The van der Waals surface area contributed by atoms with Crippen molar-refractivity contribution in [3.8, 4) is 0 Å². The molecule has 2 rings (SSSR count). The molecule has 1 atom stereocenters. The van der Waals surface area contributed by atoms with E-state index in [1.807, 2.05) is 19.4 Å². The van der Waals surface area contributed by atoms with E-state index in [4.69, 9.17) is 0 Å². The molecule has 2 N–H and O–H groups in total. The fourth-order valence-electron chi connectivity index (χ4n) is 2.45. The van der Waals surface area contributed by atoms with Crippen LogP contribution in [0.2, 0.25) is 0 Å². The van der Waals surface area contributed by atoms with E-state index in [2.05, 4.69) is 33.5 Å². The molecular formula is C13H22N4. The van der Waals surface area contributed by atoms with E-state index in [-0.39, 0.29) is 0 Å². The van der Waals surface area contributed by atoms with E-state index >= 15 is 0 Å². The summed E-state index contributed by atoms with van der Waals surface area (Å²) < 4.78 is 0. The average molecular weight is 234 g/mol. The van der Waals surface area contributed by atoms with Crippen molar-refractivity contribution < 1.29 is 0 Å². The van der Waals surface area contributed by atoms with Crippen LogP contribution in [0.5, 0.6) is 0 Å². The Morgan fingerprint density at radius 3 is 3.00 bits per heavy atom. The van der Waals surface area contributed by atoms with Crippen molar-refractivity contribution in [3.63, 3.8) is 0 Å². The maximum absolute atomic E-state index is 4.20. The third-order valence-corrected chi connectivity index (χ3v) is 3.47. The van der Waals surface area contributed by atoms with Crippen LogP contribution in [0.25, 0.3) is 0 Å². The summed E-state index contributed by atoms with van der Waals surface area (Å²) in [6.45, 7) is 5.66. The van der Waals surface area contributed by atoms with Gasteiger partial charge < -0.3 is 10.6 Å². The van der Waals surface area contributed by atoms with Gasteiger partial charge in [0, 0.05) is 19.6 Å². The molecule has 94 valence electrons. The first kappa shape index (κ1) is 12.2. The first-order valence-electron chi connectivity index (χ1n) is 6.44. The van der Waals surface area contributed by atoms with Crippen LogP contribution in [-0.2, 0) is 0 Å². The predicted molar refractivity (Wildman–Crippen MR) is 72.5 cm³/mol. The zero-order valence-electron chi connectivity index (χ0n) is 10.7. The van der Waals surface area contributed by atoms with E-state index in [1.165, 1.54) is 19.4 Å². The van der Waals surface area contributed by atoms with E-state index in [0.29, 0.717) is 6.04 Å². The van der Waals surface area contributed by atoms with Crippen molar-refractivity contribution in [3.05, 3.63) is 18.5 Å². The quantitative estimate of drug-likeness (QED) is 0.817. The van der Waals surface area contributed by atoms with Gasteiger partial charge in [-0.25, -0.2) is 0 Å². The standard InChI is InChI=1S/C13H22N4/c1-3-17-6-4-5-13(17)10-16-12-7-11(14-2)8-15-9-12/h7-9,13-14,16H,3-6,10H2,1-2H3. The van der Waals surface area contributed by atoms with Crippen LogP contribution < -0.4 is 10.6 Å². The van der Waals surface area contributed by atoms with Crippen LogP contribution in [0.3, 0.4) is 0 Å². The average Bonchev–Trinajstić information content (AvgIpc) is 2.84. The normalized spacial score (nSPS) is 20.5. The molecule has 1 aromatic heterocycles. The molecule has 0 spiro atoms. The molecule has 1 aliphatic rings. The SMILES string of the molecule is CCN1CCCC1CNc1cncc(NC)c1. The monoisotopic (exact) mass is 234 g/mol. The van der Waals surface area contributed by atoms with E-state index < -0.39 is 0 Å². The molecule has 1 unspecified atom stereocenters. The topological polar surface area (TPSA) is 40.2 Å². The molecule has 0 saturated carbocycles. The highest BCUT2D eigenvalue weighted by molar-refractivity contribution is 5.53. The van der Waals surface area contributed by atoms with Crippen molar-refractivity contribution in [2.45, 2.75) is 25.8 Å². The Bertz CT molecular complexity index is 353. The van der Waals surface area contributed by atoms with Gasteiger partial charge in [0.2, 0.25) is 0 Å². The summed E-state index contributed by atoms with van der Waals surface area (Å²) in [4.78, 5) is 6.75. The number of rotatable bonds is 5. The van der Waals surface area contributed by atoms with Gasteiger partial charge in [-0.05, 0) is 32.0 Å². The molecule has 0 aromatic carbocycles. The molecule has 2 heterocycles. The van der Waals surface area contributed by atoms with Crippen LogP contribution in [0.4, 0.5) is 11.4 Å². The summed E-state index contributed by atoms with van der Waals surface area (Å²) >= 11 is 0. The van der Waals surface area contributed by atoms with Crippen LogP contribution in [0, 0.1) is 0 Å². The minimum absolute atomic E-state index is 0.679. The van der Waals surface area contributed by atoms with Gasteiger partial charge in [0.25, 0.3) is 0 Å². The predicted octanol–water partition coefficient (Wildman–Crippen LogP) is 2.02. The summed E-state index contributed by atoms with van der Waals surface area (Å²) in [6.07, 6.45) is 6.35. The van der Waals surface area contributed by atoms with E-state index in [0.717, 1.165) is 24.5 Å². The van der Waals surface area contributed by atoms with Gasteiger partial charge in [-0.15, -0.1) is 0 Å². The Labute approximate surface area is 103 Å². The van der Waals surface area contributed by atoms with Crippen molar-refractivity contribution >= 4 is 11.4 Å². The Hall–Kier alpha value is -1.29. The number of hydrogen-bond acceptors (Lipinski definition) is 4. The molecule has 0 amide bonds. The van der Waals surface area contributed by atoms with Gasteiger partial charge in [-0.1, -0.05) is 6.92 Å². The zero-order chi connectivity index (χ0) is 12.1. The fourth-order valence-corrected chi connectivity index (χ4v) is 2.45. The second-order valence-electron chi connectivity index (χ2n) is 4.52. The number of aromatic nitrogens is 1. The second-order valence-corrected chi connectivity index (χ2v) is 4.52. The minimum Gasteiger partial charge on any atom is -0.387 e. The largest absolute Gasteiger partial charge is 0.387 e. The molecule has 4 heteroatoms. The third-order valence-electron chi connectivity index (χ3n) is 3.47. The van der Waals surface area contributed by atoms with Gasteiger partial charge in [0.05, 0.1) is 23.8 Å². The maximum Gasteiger partial charge on any atom is 0.0548 e. The third kappa shape index (κ3) is 3.09. The highest BCUT2D eigenvalue weighted by Crippen LogP contribution is 2.18.